The normalized spacial score (nSPS) is 18.8. The van der Waals surface area contributed by atoms with Crippen LogP contribution in [0.3, 0.4) is 0 Å². The predicted molar refractivity (Wildman–Crippen MR) is 95.8 cm³/mol. The number of hydrogen-bond acceptors (Lipinski definition) is 5. The largest absolute Gasteiger partial charge is 0.511 e. The Labute approximate surface area is 146 Å². The van der Waals surface area contributed by atoms with E-state index >= 15 is 0 Å². The Balaban J connectivity index is 2.25. The molecule has 0 amide bonds. The van der Waals surface area contributed by atoms with Gasteiger partial charge < -0.3 is 16.6 Å². The number of nitrogens with two attached hydrogens (primary N) is 2. The molecule has 0 saturated carbocycles. The van der Waals surface area contributed by atoms with Crippen molar-refractivity contribution in [2.45, 2.75) is 31.6 Å². The molecule has 0 radical (unpaired) electrons. The lowest BCUT2D eigenvalue weighted by Gasteiger charge is -2.28. The molecule has 1 aromatic rings. The molecule has 0 heterocycles. The Bertz CT molecular complexity index is 881. The SMILES string of the molecule is CC1(C)CC(=O)C(/C=N/C(N)=N/S(=O)(=O)c2ccc(N)cc2)=C(O)C1. The van der Waals surface area contributed by atoms with Crippen molar-refractivity contribution < 1.29 is 18.3 Å². The quantitative estimate of drug-likeness (QED) is 0.421. The van der Waals surface area contributed by atoms with Crippen molar-refractivity contribution >= 4 is 33.7 Å². The van der Waals surface area contributed by atoms with Gasteiger partial charge in [0.05, 0.1) is 10.5 Å². The maximum absolute atomic E-state index is 12.1. The standard InChI is InChI=1S/C16H20N4O4S/c1-16(2)7-13(21)12(14(22)8-16)9-19-15(18)20-25(23,24)11-5-3-10(17)4-6-11/h3-6,9,21H,7-8,17H2,1-2H3,(H2,18,20)/b19-9+. The zero-order valence-corrected chi connectivity index (χ0v) is 14.7. The van der Waals surface area contributed by atoms with E-state index in [4.69, 9.17) is 11.5 Å². The Hall–Kier alpha value is -2.68. The van der Waals surface area contributed by atoms with Gasteiger partial charge in [-0.1, -0.05) is 13.8 Å². The van der Waals surface area contributed by atoms with Crippen LogP contribution in [0.4, 0.5) is 5.69 Å². The van der Waals surface area contributed by atoms with Crippen molar-refractivity contribution in [1.29, 1.82) is 0 Å². The van der Waals surface area contributed by atoms with Crippen LogP contribution in [0.25, 0.3) is 0 Å². The van der Waals surface area contributed by atoms with Crippen LogP contribution in [0.2, 0.25) is 0 Å². The van der Waals surface area contributed by atoms with Gasteiger partial charge in [0.25, 0.3) is 10.0 Å². The van der Waals surface area contributed by atoms with Crippen molar-refractivity contribution in [3.8, 4) is 0 Å². The molecule has 5 N–H and O–H groups in total. The van der Waals surface area contributed by atoms with Crippen molar-refractivity contribution in [2.24, 2.45) is 20.5 Å². The third-order valence-corrected chi connectivity index (χ3v) is 4.91. The van der Waals surface area contributed by atoms with Gasteiger partial charge in [0, 0.05) is 24.7 Å². The summed E-state index contributed by atoms with van der Waals surface area (Å²) in [7, 11) is -4.04. The number of allylic oxidation sites excluding steroid dienone is 2. The number of hydrogen-bond donors (Lipinski definition) is 3. The van der Waals surface area contributed by atoms with Gasteiger partial charge in [0.2, 0.25) is 5.96 Å². The average Bonchev–Trinajstić information content (AvgIpc) is 2.44. The zero-order valence-electron chi connectivity index (χ0n) is 13.9. The number of ketones is 1. The highest BCUT2D eigenvalue weighted by atomic mass is 32.2. The first-order valence-electron chi connectivity index (χ1n) is 7.45. The van der Waals surface area contributed by atoms with E-state index in [1.807, 2.05) is 13.8 Å². The van der Waals surface area contributed by atoms with Crippen molar-refractivity contribution in [3.63, 3.8) is 0 Å². The molecule has 0 atom stereocenters. The van der Waals surface area contributed by atoms with E-state index in [2.05, 4.69) is 9.39 Å². The summed E-state index contributed by atoms with van der Waals surface area (Å²) in [4.78, 5) is 15.7. The monoisotopic (exact) mass is 364 g/mol. The van der Waals surface area contributed by atoms with Crippen LogP contribution >= 0.6 is 0 Å². The third kappa shape index (κ3) is 4.66. The molecule has 0 bridgehead atoms. The molecular weight excluding hydrogens is 344 g/mol. The summed E-state index contributed by atoms with van der Waals surface area (Å²) in [5.41, 5.74) is 11.1. The number of guanidine groups is 1. The molecule has 0 fully saturated rings. The van der Waals surface area contributed by atoms with Gasteiger partial charge >= 0.3 is 0 Å². The number of carbonyl (C=O) groups is 1. The van der Waals surface area contributed by atoms with E-state index < -0.39 is 16.0 Å². The van der Waals surface area contributed by atoms with E-state index in [0.717, 1.165) is 6.21 Å². The molecule has 1 aliphatic carbocycles. The van der Waals surface area contributed by atoms with Crippen LogP contribution in [-0.4, -0.2) is 31.5 Å². The van der Waals surface area contributed by atoms with E-state index in [1.165, 1.54) is 24.3 Å². The third-order valence-electron chi connectivity index (χ3n) is 3.61. The summed E-state index contributed by atoms with van der Waals surface area (Å²) in [6.45, 7) is 3.73. The summed E-state index contributed by atoms with van der Waals surface area (Å²) < 4.78 is 27.6. The number of aliphatic hydroxyl groups is 1. The number of nitrogens with zero attached hydrogens (tertiary/aromatic N) is 2. The van der Waals surface area contributed by atoms with Gasteiger partial charge in [-0.05, 0) is 29.7 Å². The van der Waals surface area contributed by atoms with Gasteiger partial charge in [-0.25, -0.2) is 4.99 Å². The average molecular weight is 364 g/mol. The van der Waals surface area contributed by atoms with Gasteiger partial charge in [0.15, 0.2) is 5.78 Å². The molecule has 1 aliphatic rings. The highest BCUT2D eigenvalue weighted by molar-refractivity contribution is 7.90. The van der Waals surface area contributed by atoms with Crippen molar-refractivity contribution in [1.82, 2.24) is 0 Å². The van der Waals surface area contributed by atoms with E-state index in [0.29, 0.717) is 12.1 Å². The van der Waals surface area contributed by atoms with E-state index in [1.54, 1.807) is 0 Å². The van der Waals surface area contributed by atoms with Crippen LogP contribution in [0.15, 0.2) is 49.9 Å². The Morgan fingerprint density at radius 3 is 2.40 bits per heavy atom. The fourth-order valence-electron chi connectivity index (χ4n) is 2.42. The van der Waals surface area contributed by atoms with Gasteiger partial charge in [0.1, 0.15) is 5.76 Å². The lowest BCUT2D eigenvalue weighted by atomic mass is 9.77. The zero-order chi connectivity index (χ0) is 18.8. The second kappa shape index (κ2) is 6.67. The highest BCUT2D eigenvalue weighted by Gasteiger charge is 2.32. The van der Waals surface area contributed by atoms with Gasteiger partial charge in [-0.15, -0.1) is 4.40 Å². The number of benzene rings is 1. The number of aliphatic imine (C=N–C) groups is 1. The summed E-state index contributed by atoms with van der Waals surface area (Å²) in [5, 5.41) is 9.98. The molecule has 0 unspecified atom stereocenters. The minimum atomic E-state index is -4.04. The van der Waals surface area contributed by atoms with Crippen LogP contribution in [0.1, 0.15) is 26.7 Å². The number of aliphatic hydroxyl groups excluding tert-OH is 1. The molecule has 134 valence electrons. The molecular formula is C16H20N4O4S. The molecule has 2 rings (SSSR count). The maximum Gasteiger partial charge on any atom is 0.285 e. The smallest absolute Gasteiger partial charge is 0.285 e. The summed E-state index contributed by atoms with van der Waals surface area (Å²) in [6.07, 6.45) is 1.62. The number of anilines is 1. The number of nitrogen functional groups attached to an aromatic ring is 1. The van der Waals surface area contributed by atoms with Crippen LogP contribution in [0, 0.1) is 5.41 Å². The number of Topliss-reactive ketones (excluding diaryl/α,β-unsaturated/α-hetero) is 1. The Morgan fingerprint density at radius 1 is 1.24 bits per heavy atom. The summed E-state index contributed by atoms with van der Waals surface area (Å²) in [5.74, 6) is -0.930. The minimum absolute atomic E-state index is 0.0161. The fraction of sp³-hybridized carbons (Fsp3) is 0.312. The number of sulfonamides is 1. The Kier molecular flexibility index (Phi) is 4.98. The predicted octanol–water partition coefficient (Wildman–Crippen LogP) is 1.54. The second-order valence-electron chi connectivity index (χ2n) is 6.55. The van der Waals surface area contributed by atoms with Crippen molar-refractivity contribution in [2.75, 3.05) is 5.73 Å². The molecule has 0 saturated heterocycles. The Morgan fingerprint density at radius 2 is 1.84 bits per heavy atom. The minimum Gasteiger partial charge on any atom is -0.511 e. The first-order valence-corrected chi connectivity index (χ1v) is 8.89. The summed E-state index contributed by atoms with van der Waals surface area (Å²) in [6, 6.07) is 5.44. The molecule has 0 aliphatic heterocycles. The first kappa shape index (κ1) is 18.7. The second-order valence-corrected chi connectivity index (χ2v) is 8.16. The van der Waals surface area contributed by atoms with Crippen LogP contribution < -0.4 is 11.5 Å². The van der Waals surface area contributed by atoms with E-state index in [9.17, 15) is 18.3 Å². The topological polar surface area (TPSA) is 148 Å². The molecule has 1 aromatic carbocycles. The molecule has 25 heavy (non-hydrogen) atoms. The van der Waals surface area contributed by atoms with Crippen LogP contribution in [0.5, 0.6) is 0 Å². The number of rotatable bonds is 3. The number of carbonyl (C=O) groups excluding carboxylic acids is 1. The van der Waals surface area contributed by atoms with Crippen LogP contribution in [-0.2, 0) is 14.8 Å². The molecule has 0 spiro atoms. The molecule has 9 heteroatoms. The lowest BCUT2D eigenvalue weighted by molar-refractivity contribution is -0.117. The molecule has 0 aromatic heterocycles. The fourth-order valence-corrected chi connectivity index (χ4v) is 3.30. The highest BCUT2D eigenvalue weighted by Crippen LogP contribution is 2.35. The molecule has 8 nitrogen and oxygen atoms in total. The summed E-state index contributed by atoms with van der Waals surface area (Å²) >= 11 is 0. The van der Waals surface area contributed by atoms with Crippen molar-refractivity contribution in [3.05, 3.63) is 35.6 Å². The van der Waals surface area contributed by atoms with Gasteiger partial charge in [-0.2, -0.15) is 8.42 Å². The maximum atomic E-state index is 12.1. The van der Waals surface area contributed by atoms with Gasteiger partial charge in [-0.3, -0.25) is 4.79 Å². The lowest BCUT2D eigenvalue weighted by Crippen LogP contribution is -2.26. The first-order chi connectivity index (χ1) is 11.5. The van der Waals surface area contributed by atoms with E-state index in [-0.39, 0.29) is 33.8 Å².